The van der Waals surface area contributed by atoms with Gasteiger partial charge >= 0.3 is 0 Å². The van der Waals surface area contributed by atoms with Crippen LogP contribution in [0.15, 0.2) is 84.9 Å². The van der Waals surface area contributed by atoms with Gasteiger partial charge in [0, 0.05) is 22.2 Å². The molecule has 3 aromatic rings. The average molecular weight is 362 g/mol. The molecule has 0 bridgehead atoms. The van der Waals surface area contributed by atoms with Crippen molar-refractivity contribution in [1.82, 2.24) is 0 Å². The minimum absolute atomic E-state index is 0.199. The quantitative estimate of drug-likeness (QED) is 0.500. The van der Waals surface area contributed by atoms with Crippen molar-refractivity contribution in [3.8, 4) is 0 Å². The Labute approximate surface area is 156 Å². The normalized spacial score (nSPS) is 10.7. The standard InChI is InChI=1S/C22H16ClNO2/c23-18-12-13-20(19(15-18)22(26)17-9-5-2-6-10-17)24-21(25)14-11-16-7-3-1-4-8-16/h1-15H,(H,24,25)/b14-11+. The molecule has 3 rings (SSSR count). The van der Waals surface area contributed by atoms with E-state index in [0.29, 0.717) is 21.8 Å². The van der Waals surface area contributed by atoms with Crippen molar-refractivity contribution < 1.29 is 9.59 Å². The molecule has 0 atom stereocenters. The van der Waals surface area contributed by atoms with Crippen LogP contribution in [0.2, 0.25) is 5.02 Å². The summed E-state index contributed by atoms with van der Waals surface area (Å²) in [5, 5.41) is 3.19. The Morgan fingerprint density at radius 3 is 2.19 bits per heavy atom. The molecule has 1 N–H and O–H groups in total. The second-order valence-electron chi connectivity index (χ2n) is 5.62. The molecule has 0 unspecified atom stereocenters. The van der Waals surface area contributed by atoms with E-state index in [4.69, 9.17) is 11.6 Å². The number of rotatable bonds is 5. The summed E-state index contributed by atoms with van der Waals surface area (Å²) in [6.45, 7) is 0. The molecule has 0 saturated heterocycles. The molecule has 0 aliphatic carbocycles. The van der Waals surface area contributed by atoms with Crippen LogP contribution in [0.25, 0.3) is 6.08 Å². The summed E-state index contributed by atoms with van der Waals surface area (Å²) >= 11 is 6.05. The van der Waals surface area contributed by atoms with Gasteiger partial charge in [0.25, 0.3) is 0 Å². The summed E-state index contributed by atoms with van der Waals surface area (Å²) in [5.74, 6) is -0.520. The highest BCUT2D eigenvalue weighted by atomic mass is 35.5. The molecule has 0 radical (unpaired) electrons. The molecule has 128 valence electrons. The van der Waals surface area contributed by atoms with Gasteiger partial charge in [0.2, 0.25) is 5.91 Å². The maximum atomic E-state index is 12.8. The first-order chi connectivity index (χ1) is 12.6. The summed E-state index contributed by atoms with van der Waals surface area (Å²) in [7, 11) is 0. The van der Waals surface area contributed by atoms with E-state index in [0.717, 1.165) is 5.56 Å². The third kappa shape index (κ3) is 4.47. The summed E-state index contributed by atoms with van der Waals surface area (Å²) in [5.41, 5.74) is 2.22. The number of halogens is 1. The van der Waals surface area contributed by atoms with Gasteiger partial charge in [-0.15, -0.1) is 0 Å². The van der Waals surface area contributed by atoms with Gasteiger partial charge in [0.15, 0.2) is 5.78 Å². The van der Waals surface area contributed by atoms with Crippen LogP contribution in [-0.4, -0.2) is 11.7 Å². The molecule has 26 heavy (non-hydrogen) atoms. The highest BCUT2D eigenvalue weighted by molar-refractivity contribution is 6.31. The third-order valence-electron chi connectivity index (χ3n) is 3.75. The van der Waals surface area contributed by atoms with Crippen molar-refractivity contribution in [2.45, 2.75) is 0 Å². The zero-order valence-corrected chi connectivity index (χ0v) is 14.6. The Bertz CT molecular complexity index is 950. The Morgan fingerprint density at radius 2 is 1.50 bits per heavy atom. The lowest BCUT2D eigenvalue weighted by Crippen LogP contribution is -2.12. The molecule has 0 spiro atoms. The van der Waals surface area contributed by atoms with Crippen LogP contribution in [0.3, 0.4) is 0 Å². The molecule has 3 nitrogen and oxygen atoms in total. The van der Waals surface area contributed by atoms with E-state index in [9.17, 15) is 9.59 Å². The molecule has 3 aromatic carbocycles. The van der Waals surface area contributed by atoms with Crippen molar-refractivity contribution in [2.75, 3.05) is 5.32 Å². The predicted octanol–water partition coefficient (Wildman–Crippen LogP) is 5.22. The van der Waals surface area contributed by atoms with Gasteiger partial charge in [0.05, 0.1) is 5.69 Å². The van der Waals surface area contributed by atoms with E-state index in [1.807, 2.05) is 36.4 Å². The summed E-state index contributed by atoms with van der Waals surface area (Å²) in [4.78, 5) is 25.0. The maximum Gasteiger partial charge on any atom is 0.248 e. The molecule has 0 heterocycles. The van der Waals surface area contributed by atoms with Crippen molar-refractivity contribution in [3.63, 3.8) is 0 Å². The van der Waals surface area contributed by atoms with Crippen LogP contribution in [0.5, 0.6) is 0 Å². The minimum atomic E-state index is -0.321. The molecular weight excluding hydrogens is 346 g/mol. The first kappa shape index (κ1) is 17.6. The molecule has 0 aromatic heterocycles. The minimum Gasteiger partial charge on any atom is -0.322 e. The fraction of sp³-hybridized carbons (Fsp3) is 0. The molecule has 0 aliphatic heterocycles. The Hall–Kier alpha value is -3.17. The van der Waals surface area contributed by atoms with Crippen LogP contribution < -0.4 is 5.32 Å². The molecule has 0 aliphatic rings. The monoisotopic (exact) mass is 361 g/mol. The van der Waals surface area contributed by atoms with E-state index in [2.05, 4.69) is 5.32 Å². The first-order valence-corrected chi connectivity index (χ1v) is 8.45. The number of benzene rings is 3. The molecule has 0 saturated carbocycles. The van der Waals surface area contributed by atoms with Crippen LogP contribution in [0, 0.1) is 0 Å². The maximum absolute atomic E-state index is 12.8. The molecule has 0 fully saturated rings. The zero-order chi connectivity index (χ0) is 18.4. The van der Waals surface area contributed by atoms with Crippen molar-refractivity contribution in [1.29, 1.82) is 0 Å². The molecular formula is C22H16ClNO2. The molecule has 1 amide bonds. The fourth-order valence-corrected chi connectivity index (χ4v) is 2.64. The lowest BCUT2D eigenvalue weighted by atomic mass is 10.0. The lowest BCUT2D eigenvalue weighted by molar-refractivity contribution is -0.111. The topological polar surface area (TPSA) is 46.2 Å². The SMILES string of the molecule is O=C(/C=C/c1ccccc1)Nc1ccc(Cl)cc1C(=O)c1ccccc1. The van der Waals surface area contributed by atoms with E-state index in [1.54, 1.807) is 48.5 Å². The largest absolute Gasteiger partial charge is 0.322 e. The van der Waals surface area contributed by atoms with E-state index in [1.165, 1.54) is 6.08 Å². The fourth-order valence-electron chi connectivity index (χ4n) is 2.47. The lowest BCUT2D eigenvalue weighted by Gasteiger charge is -2.10. The number of carbonyl (C=O) groups excluding carboxylic acids is 2. The van der Waals surface area contributed by atoms with Gasteiger partial charge in [-0.05, 0) is 29.8 Å². The van der Waals surface area contributed by atoms with Gasteiger partial charge in [-0.2, -0.15) is 0 Å². The van der Waals surface area contributed by atoms with Gasteiger partial charge in [-0.1, -0.05) is 72.3 Å². The number of nitrogens with one attached hydrogen (secondary N) is 1. The van der Waals surface area contributed by atoms with Crippen LogP contribution in [0.4, 0.5) is 5.69 Å². The van der Waals surface area contributed by atoms with E-state index in [-0.39, 0.29) is 11.7 Å². The van der Waals surface area contributed by atoms with Gasteiger partial charge in [-0.3, -0.25) is 9.59 Å². The van der Waals surface area contributed by atoms with E-state index >= 15 is 0 Å². The average Bonchev–Trinajstić information content (AvgIpc) is 2.69. The molecule has 4 heteroatoms. The summed E-state index contributed by atoms with van der Waals surface area (Å²) < 4.78 is 0. The second-order valence-corrected chi connectivity index (χ2v) is 6.05. The Balaban J connectivity index is 1.83. The summed E-state index contributed by atoms with van der Waals surface area (Å²) in [6.07, 6.45) is 3.14. The number of hydrogen-bond acceptors (Lipinski definition) is 2. The van der Waals surface area contributed by atoms with Gasteiger partial charge in [0.1, 0.15) is 0 Å². The predicted molar refractivity (Wildman–Crippen MR) is 105 cm³/mol. The summed E-state index contributed by atoms with van der Waals surface area (Å²) in [6, 6.07) is 23.2. The number of hydrogen-bond donors (Lipinski definition) is 1. The Morgan fingerprint density at radius 1 is 0.846 bits per heavy atom. The first-order valence-electron chi connectivity index (χ1n) is 8.07. The third-order valence-corrected chi connectivity index (χ3v) is 3.98. The van der Waals surface area contributed by atoms with Gasteiger partial charge < -0.3 is 5.32 Å². The zero-order valence-electron chi connectivity index (χ0n) is 13.9. The number of ketones is 1. The Kier molecular flexibility index (Phi) is 5.62. The number of anilines is 1. The van der Waals surface area contributed by atoms with Crippen LogP contribution >= 0.6 is 11.6 Å². The smallest absolute Gasteiger partial charge is 0.248 e. The van der Waals surface area contributed by atoms with Crippen molar-refractivity contribution in [2.24, 2.45) is 0 Å². The van der Waals surface area contributed by atoms with Crippen LogP contribution in [0.1, 0.15) is 21.5 Å². The van der Waals surface area contributed by atoms with Crippen molar-refractivity contribution in [3.05, 3.63) is 107 Å². The number of carbonyl (C=O) groups is 2. The van der Waals surface area contributed by atoms with Crippen molar-refractivity contribution >= 4 is 35.1 Å². The number of amides is 1. The highest BCUT2D eigenvalue weighted by Gasteiger charge is 2.15. The highest BCUT2D eigenvalue weighted by Crippen LogP contribution is 2.24. The van der Waals surface area contributed by atoms with Gasteiger partial charge in [-0.25, -0.2) is 0 Å². The second kappa shape index (κ2) is 8.28. The van der Waals surface area contributed by atoms with E-state index < -0.39 is 0 Å². The van der Waals surface area contributed by atoms with Crippen LogP contribution in [-0.2, 0) is 4.79 Å².